The van der Waals surface area contributed by atoms with E-state index in [1.54, 1.807) is 0 Å². The molecule has 0 aromatic rings. The first-order valence-electron chi connectivity index (χ1n) is 33.1. The number of ether oxygens (including phenoxy) is 6. The molecule has 15 nitrogen and oxygen atoms in total. The van der Waals surface area contributed by atoms with E-state index in [1.807, 2.05) is 0 Å². The molecule has 0 heterocycles. The molecular weight excluding hydrogens is 1070 g/mol. The molecule has 0 spiro atoms. The van der Waals surface area contributed by atoms with Crippen LogP contribution in [0.4, 0.5) is 0 Å². The van der Waals surface area contributed by atoms with Gasteiger partial charge in [0.05, 0.1) is 0 Å². The van der Waals surface area contributed by atoms with Crippen LogP contribution in [0.3, 0.4) is 0 Å². The van der Waals surface area contributed by atoms with E-state index in [4.69, 9.17) is 28.4 Å². The third kappa shape index (κ3) is 55.0. The highest BCUT2D eigenvalue weighted by atomic mass is 16.6. The molecule has 0 saturated carbocycles. The Morgan fingerprint density at radius 1 is 0.286 bits per heavy atom. The number of Topliss-reactive ketones (excluding diaryl/α,β-unsaturated/α-hetero) is 3. The first kappa shape index (κ1) is 79.0. The largest absolute Gasteiger partial charge is 0.462 e. The molecule has 0 aromatic heterocycles. The Morgan fingerprint density at radius 3 is 0.845 bits per heavy atom. The number of rotatable bonds is 59. The zero-order valence-corrected chi connectivity index (χ0v) is 53.5. The lowest BCUT2D eigenvalue weighted by Gasteiger charge is -2.18. The molecule has 482 valence electrons. The van der Waals surface area contributed by atoms with Crippen LogP contribution in [-0.2, 0) is 71.6 Å². The molecule has 3 unspecified atom stereocenters. The molecule has 0 bridgehead atoms. The zero-order valence-electron chi connectivity index (χ0n) is 53.5. The van der Waals surface area contributed by atoms with Gasteiger partial charge in [-0.2, -0.15) is 0 Å². The summed E-state index contributed by atoms with van der Waals surface area (Å²) in [4.78, 5) is 109. The summed E-state index contributed by atoms with van der Waals surface area (Å²) < 4.78 is 33.6. The quantitative estimate of drug-likeness (QED) is 0.0182. The Kier molecular flexibility index (Phi) is 53.8. The fourth-order valence-electron chi connectivity index (χ4n) is 9.52. The molecular formula is C69H116O15. The average molecular weight is 1190 g/mol. The molecule has 0 saturated heterocycles. The van der Waals surface area contributed by atoms with E-state index in [0.717, 1.165) is 193 Å². The second kappa shape index (κ2) is 57.1. The number of hydrogen-bond donors (Lipinski definition) is 0. The van der Waals surface area contributed by atoms with Crippen molar-refractivity contribution in [1.29, 1.82) is 0 Å². The maximum atomic E-state index is 13.0. The minimum atomic E-state index is -0.917. The molecule has 0 amide bonds. The predicted octanol–water partition coefficient (Wildman–Crippen LogP) is 16.6. The lowest BCUT2D eigenvalue weighted by Crippen LogP contribution is -2.30. The van der Waals surface area contributed by atoms with E-state index >= 15 is 0 Å². The molecule has 3 atom stereocenters. The van der Waals surface area contributed by atoms with Crippen molar-refractivity contribution >= 4 is 53.2 Å². The van der Waals surface area contributed by atoms with Gasteiger partial charge in [0, 0.05) is 38.5 Å². The summed E-state index contributed by atoms with van der Waals surface area (Å²) in [5.41, 5.74) is 0. The molecule has 0 aliphatic heterocycles. The van der Waals surface area contributed by atoms with Crippen LogP contribution in [0.15, 0.2) is 36.5 Å². The zero-order chi connectivity index (χ0) is 62.1. The lowest BCUT2D eigenvalue weighted by atomic mass is 10.1. The van der Waals surface area contributed by atoms with Crippen LogP contribution in [0, 0.1) is 0 Å². The number of carbonyl (C=O) groups excluding carboxylic acids is 9. The minimum absolute atomic E-state index is 0.192. The van der Waals surface area contributed by atoms with E-state index in [-0.39, 0.29) is 87.4 Å². The molecule has 0 rings (SSSR count). The standard InChI is InChI=1S/C69H116O15/c1-7-10-13-34-43-60(81-67(76)52-57(4)70)46-37-28-22-16-19-25-31-40-49-64(73)79-55-63(84-66(75)51-42-33-27-21-18-24-30-39-48-62(45-36-15-12-9-3)83-69(78)54-59(6)72)56-80-65(74)50-41-32-26-20-17-23-29-38-47-61(44-35-14-11-8-2)82-68(77)53-58(5)71/h28-30,37-39,60-63H,7-27,31-36,40-56H2,1-6H3/b37-28+,38-29+,39-30+. The summed E-state index contributed by atoms with van der Waals surface area (Å²) in [6, 6.07) is 0. The molecule has 0 aliphatic rings. The third-order valence-corrected chi connectivity index (χ3v) is 14.3. The SMILES string of the molecule is CCCCCCC(C/C=C/CCCCCCCC(=O)OCC(COC(=O)CCCCCCC/C=C/CC(CCCCCC)OC(=O)CC(C)=O)OC(=O)CCCCCCC/C=C/CC(CCCCCC)OC(=O)CC(C)=O)OC(=O)CC(C)=O. The van der Waals surface area contributed by atoms with Crippen LogP contribution in [0.2, 0.25) is 0 Å². The average Bonchev–Trinajstić information content (AvgIpc) is 3.45. The Labute approximate surface area is 508 Å². The van der Waals surface area contributed by atoms with Crippen molar-refractivity contribution in [3.05, 3.63) is 36.5 Å². The van der Waals surface area contributed by atoms with Gasteiger partial charge in [0.25, 0.3) is 0 Å². The molecule has 0 N–H and O–H groups in total. The van der Waals surface area contributed by atoms with Gasteiger partial charge >= 0.3 is 35.8 Å². The van der Waals surface area contributed by atoms with Crippen molar-refractivity contribution in [3.63, 3.8) is 0 Å². The summed E-state index contributed by atoms with van der Waals surface area (Å²) in [5.74, 6) is -3.20. The van der Waals surface area contributed by atoms with E-state index in [2.05, 4.69) is 57.2 Å². The van der Waals surface area contributed by atoms with E-state index in [9.17, 15) is 43.2 Å². The van der Waals surface area contributed by atoms with Crippen LogP contribution in [0.1, 0.15) is 311 Å². The number of hydrogen-bond acceptors (Lipinski definition) is 15. The van der Waals surface area contributed by atoms with Gasteiger partial charge in [-0.3, -0.25) is 43.2 Å². The van der Waals surface area contributed by atoms with Crippen LogP contribution in [0.25, 0.3) is 0 Å². The van der Waals surface area contributed by atoms with Crippen molar-refractivity contribution < 1.29 is 71.6 Å². The highest BCUT2D eigenvalue weighted by Gasteiger charge is 2.21. The molecule has 15 heteroatoms. The van der Waals surface area contributed by atoms with Gasteiger partial charge in [-0.1, -0.05) is 173 Å². The van der Waals surface area contributed by atoms with Crippen molar-refractivity contribution in [2.24, 2.45) is 0 Å². The van der Waals surface area contributed by atoms with Crippen LogP contribution >= 0.6 is 0 Å². The topological polar surface area (TPSA) is 209 Å². The summed E-state index contributed by atoms with van der Waals surface area (Å²) in [5, 5.41) is 0. The summed E-state index contributed by atoms with van der Waals surface area (Å²) >= 11 is 0. The Hall–Kier alpha value is -4.95. The molecule has 0 aliphatic carbocycles. The van der Waals surface area contributed by atoms with Crippen LogP contribution in [0.5, 0.6) is 0 Å². The number of unbranched alkanes of at least 4 members (excludes halogenated alkanes) is 24. The van der Waals surface area contributed by atoms with Gasteiger partial charge in [0.15, 0.2) is 6.10 Å². The van der Waals surface area contributed by atoms with Gasteiger partial charge in [-0.05, 0) is 117 Å². The number of carbonyl (C=O) groups is 9. The lowest BCUT2D eigenvalue weighted by molar-refractivity contribution is -0.167. The smallest absolute Gasteiger partial charge is 0.313 e. The molecule has 0 fully saturated rings. The minimum Gasteiger partial charge on any atom is -0.462 e. The van der Waals surface area contributed by atoms with Gasteiger partial charge in [0.1, 0.15) is 68.1 Å². The second-order valence-corrected chi connectivity index (χ2v) is 23.0. The van der Waals surface area contributed by atoms with E-state index < -0.39 is 41.9 Å². The molecule has 0 aromatic carbocycles. The maximum absolute atomic E-state index is 13.0. The highest BCUT2D eigenvalue weighted by Crippen LogP contribution is 2.19. The molecule has 0 radical (unpaired) electrons. The van der Waals surface area contributed by atoms with Crippen LogP contribution in [-0.4, -0.2) is 90.8 Å². The highest BCUT2D eigenvalue weighted by molar-refractivity contribution is 5.95. The Balaban J connectivity index is 5.01. The molecule has 84 heavy (non-hydrogen) atoms. The number of esters is 6. The number of ketones is 3. The van der Waals surface area contributed by atoms with Gasteiger partial charge in [-0.25, -0.2) is 0 Å². The van der Waals surface area contributed by atoms with E-state index in [0.29, 0.717) is 38.5 Å². The fourth-order valence-corrected chi connectivity index (χ4v) is 9.52. The number of allylic oxidation sites excluding steroid dienone is 3. The summed E-state index contributed by atoms with van der Waals surface area (Å²) in [6.45, 7) is 10.2. The summed E-state index contributed by atoms with van der Waals surface area (Å²) in [7, 11) is 0. The predicted molar refractivity (Wildman–Crippen MR) is 332 cm³/mol. The van der Waals surface area contributed by atoms with E-state index in [1.165, 1.54) is 20.8 Å². The Bertz CT molecular complexity index is 1760. The summed E-state index contributed by atoms with van der Waals surface area (Å²) in [6.07, 6.45) is 44.4. The maximum Gasteiger partial charge on any atom is 0.313 e. The van der Waals surface area contributed by atoms with Crippen LogP contribution < -0.4 is 0 Å². The first-order valence-corrected chi connectivity index (χ1v) is 33.1. The fraction of sp³-hybridized carbons (Fsp3) is 0.783. The van der Waals surface area contributed by atoms with Gasteiger partial charge in [0.2, 0.25) is 0 Å². The van der Waals surface area contributed by atoms with Crippen molar-refractivity contribution in [2.75, 3.05) is 13.2 Å². The Morgan fingerprint density at radius 2 is 0.548 bits per heavy atom. The first-order chi connectivity index (χ1) is 40.6. The van der Waals surface area contributed by atoms with Crippen molar-refractivity contribution in [2.45, 2.75) is 336 Å². The van der Waals surface area contributed by atoms with Gasteiger partial charge in [-0.15, -0.1) is 0 Å². The normalized spacial score (nSPS) is 12.9. The second-order valence-electron chi connectivity index (χ2n) is 23.0. The third-order valence-electron chi connectivity index (χ3n) is 14.3. The van der Waals surface area contributed by atoms with Crippen molar-refractivity contribution in [1.82, 2.24) is 0 Å². The van der Waals surface area contributed by atoms with Gasteiger partial charge < -0.3 is 28.4 Å². The van der Waals surface area contributed by atoms with Crippen molar-refractivity contribution in [3.8, 4) is 0 Å². The monoisotopic (exact) mass is 1180 g/mol.